The van der Waals surface area contributed by atoms with Crippen molar-refractivity contribution in [1.82, 2.24) is 15.5 Å². The summed E-state index contributed by atoms with van der Waals surface area (Å²) in [6, 6.07) is 0. The number of hydrogen-bond acceptors (Lipinski definition) is 4. The van der Waals surface area contributed by atoms with Gasteiger partial charge < -0.3 is 16.0 Å². The van der Waals surface area contributed by atoms with Gasteiger partial charge in [-0.3, -0.25) is 9.89 Å². The molecule has 0 unspecified atom stereocenters. The zero-order valence-corrected chi connectivity index (χ0v) is 7.27. The molecule has 0 saturated heterocycles. The first-order chi connectivity index (χ1) is 6.79. The van der Waals surface area contributed by atoms with Crippen LogP contribution in [-0.2, 0) is 0 Å². The van der Waals surface area contributed by atoms with Crippen LogP contribution in [0, 0.1) is 0 Å². The fourth-order valence-electron chi connectivity index (χ4n) is 1.15. The molecule has 0 saturated carbocycles. The molecule has 1 aromatic heterocycles. The first-order valence-corrected chi connectivity index (χ1v) is 4.00. The van der Waals surface area contributed by atoms with Gasteiger partial charge >= 0.3 is 0 Å². The summed E-state index contributed by atoms with van der Waals surface area (Å²) in [6.45, 7) is 0. The fraction of sp³-hybridized carbons (Fsp3) is 0. The Morgan fingerprint density at radius 1 is 1.43 bits per heavy atom. The second kappa shape index (κ2) is 3.25. The molecule has 0 spiro atoms. The van der Waals surface area contributed by atoms with Crippen LogP contribution in [0.5, 0.6) is 0 Å². The summed E-state index contributed by atoms with van der Waals surface area (Å²) in [7, 11) is 0. The molecule has 1 aromatic rings. The molecule has 0 fully saturated rings. The second-order valence-electron chi connectivity index (χ2n) is 2.69. The van der Waals surface area contributed by atoms with E-state index in [1.807, 2.05) is 0 Å². The second-order valence-corrected chi connectivity index (χ2v) is 2.69. The third kappa shape index (κ3) is 1.33. The molecule has 0 aromatic carbocycles. The van der Waals surface area contributed by atoms with Crippen LogP contribution in [0.4, 0.5) is 5.82 Å². The number of carbonyl (C=O) groups is 1. The largest absolute Gasteiger partial charge is 0.365 e. The Hall–Kier alpha value is -2.24. The molecule has 2 rings (SSSR count). The lowest BCUT2D eigenvalue weighted by Gasteiger charge is -2.15. The zero-order valence-electron chi connectivity index (χ0n) is 7.27. The number of rotatable bonds is 2. The Bertz CT molecular complexity index is 394. The average Bonchev–Trinajstić information content (AvgIpc) is 2.67. The van der Waals surface area contributed by atoms with Crippen LogP contribution < -0.4 is 16.0 Å². The highest BCUT2D eigenvalue weighted by molar-refractivity contribution is 5.97. The third-order valence-corrected chi connectivity index (χ3v) is 1.79. The van der Waals surface area contributed by atoms with Crippen molar-refractivity contribution in [2.75, 3.05) is 4.90 Å². The Morgan fingerprint density at radius 2 is 2.14 bits per heavy atom. The lowest BCUT2D eigenvalue weighted by atomic mass is 10.3. The number of hydrogen-bond donors (Lipinski definition) is 3. The molecular formula is C8H9N5O. The standard InChI is InChI=1S/C8H9N5O/c9-7(14)6-5-11-12-8(6)13-3-1-10-2-4-13/h1-5,10H,(H2,9,14)(H,11,12). The summed E-state index contributed by atoms with van der Waals surface area (Å²) in [5.41, 5.74) is 5.54. The van der Waals surface area contributed by atoms with Gasteiger partial charge in [0.1, 0.15) is 5.56 Å². The number of amides is 1. The van der Waals surface area contributed by atoms with Crippen molar-refractivity contribution < 1.29 is 4.79 Å². The maximum atomic E-state index is 11.0. The smallest absolute Gasteiger partial charge is 0.254 e. The van der Waals surface area contributed by atoms with E-state index in [0.29, 0.717) is 11.4 Å². The van der Waals surface area contributed by atoms with Crippen LogP contribution in [0.1, 0.15) is 10.4 Å². The topological polar surface area (TPSA) is 87.0 Å². The highest BCUT2D eigenvalue weighted by Gasteiger charge is 2.15. The van der Waals surface area contributed by atoms with E-state index in [-0.39, 0.29) is 0 Å². The minimum atomic E-state index is -0.505. The van der Waals surface area contributed by atoms with E-state index in [9.17, 15) is 4.79 Å². The quantitative estimate of drug-likeness (QED) is 0.607. The first-order valence-electron chi connectivity index (χ1n) is 4.00. The van der Waals surface area contributed by atoms with Gasteiger partial charge in [-0.1, -0.05) is 0 Å². The van der Waals surface area contributed by atoms with Crippen LogP contribution in [-0.4, -0.2) is 16.1 Å². The Morgan fingerprint density at radius 3 is 2.79 bits per heavy atom. The Balaban J connectivity index is 2.35. The lowest BCUT2D eigenvalue weighted by Crippen LogP contribution is -2.19. The summed E-state index contributed by atoms with van der Waals surface area (Å²) in [5.74, 6) is -0.0133. The first kappa shape index (κ1) is 8.36. The highest BCUT2D eigenvalue weighted by atomic mass is 16.1. The van der Waals surface area contributed by atoms with Gasteiger partial charge in [-0.05, 0) is 0 Å². The van der Waals surface area contributed by atoms with Crippen molar-refractivity contribution in [2.24, 2.45) is 5.73 Å². The van der Waals surface area contributed by atoms with Crippen molar-refractivity contribution in [3.63, 3.8) is 0 Å². The third-order valence-electron chi connectivity index (χ3n) is 1.79. The molecule has 4 N–H and O–H groups in total. The molecule has 0 radical (unpaired) electrons. The summed E-state index contributed by atoms with van der Waals surface area (Å²) >= 11 is 0. The molecule has 14 heavy (non-hydrogen) atoms. The predicted molar refractivity (Wildman–Crippen MR) is 51.0 cm³/mol. The van der Waals surface area contributed by atoms with Crippen molar-refractivity contribution in [3.05, 3.63) is 36.6 Å². The molecule has 0 bridgehead atoms. The molecule has 1 aliphatic rings. The molecule has 0 atom stereocenters. The SMILES string of the molecule is NC(=O)c1c[nH]nc1N1C=CNC=C1. The number of aromatic nitrogens is 2. The lowest BCUT2D eigenvalue weighted by molar-refractivity contribution is 0.100. The molecule has 6 nitrogen and oxygen atoms in total. The van der Waals surface area contributed by atoms with E-state index in [1.165, 1.54) is 6.20 Å². The maximum absolute atomic E-state index is 11.0. The number of anilines is 1. The number of H-pyrrole nitrogens is 1. The van der Waals surface area contributed by atoms with Crippen LogP contribution >= 0.6 is 0 Å². The normalized spacial score (nSPS) is 14.1. The number of nitrogens with one attached hydrogen (secondary N) is 2. The van der Waals surface area contributed by atoms with Crippen LogP contribution in [0.25, 0.3) is 0 Å². The van der Waals surface area contributed by atoms with Crippen LogP contribution in [0.2, 0.25) is 0 Å². The number of aromatic amines is 1. The van der Waals surface area contributed by atoms with Crippen molar-refractivity contribution in [3.8, 4) is 0 Å². The number of nitrogens with two attached hydrogens (primary N) is 1. The highest BCUT2D eigenvalue weighted by Crippen LogP contribution is 2.17. The fourth-order valence-corrected chi connectivity index (χ4v) is 1.15. The van der Waals surface area contributed by atoms with Crippen molar-refractivity contribution >= 4 is 11.7 Å². The van der Waals surface area contributed by atoms with Gasteiger partial charge in [0.25, 0.3) is 5.91 Å². The Labute approximate surface area is 80.1 Å². The summed E-state index contributed by atoms with van der Waals surface area (Å²) in [4.78, 5) is 12.7. The molecule has 1 amide bonds. The van der Waals surface area contributed by atoms with Crippen molar-refractivity contribution in [1.29, 1.82) is 0 Å². The zero-order chi connectivity index (χ0) is 9.97. The van der Waals surface area contributed by atoms with E-state index in [1.54, 1.807) is 29.7 Å². The van der Waals surface area contributed by atoms with E-state index in [4.69, 9.17) is 5.73 Å². The van der Waals surface area contributed by atoms with Crippen LogP contribution in [0.3, 0.4) is 0 Å². The monoisotopic (exact) mass is 191 g/mol. The van der Waals surface area contributed by atoms with Crippen molar-refractivity contribution in [2.45, 2.75) is 0 Å². The number of primary amides is 1. The minimum Gasteiger partial charge on any atom is -0.365 e. The van der Waals surface area contributed by atoms with Gasteiger partial charge in [-0.15, -0.1) is 0 Å². The molecular weight excluding hydrogens is 182 g/mol. The molecule has 72 valence electrons. The Kier molecular flexibility index (Phi) is 1.94. The molecule has 1 aliphatic heterocycles. The summed E-state index contributed by atoms with van der Waals surface area (Å²) < 4.78 is 0. The van der Waals surface area contributed by atoms with E-state index in [2.05, 4.69) is 15.5 Å². The maximum Gasteiger partial charge on any atom is 0.254 e. The predicted octanol–water partition coefficient (Wildman–Crippen LogP) is -0.139. The van der Waals surface area contributed by atoms with E-state index < -0.39 is 5.91 Å². The minimum absolute atomic E-state index is 0.362. The molecule has 6 heteroatoms. The van der Waals surface area contributed by atoms with E-state index >= 15 is 0 Å². The molecule has 0 aliphatic carbocycles. The van der Waals surface area contributed by atoms with Gasteiger partial charge in [0.05, 0.1) is 0 Å². The summed E-state index contributed by atoms with van der Waals surface area (Å²) in [6.07, 6.45) is 8.39. The van der Waals surface area contributed by atoms with Gasteiger partial charge in [0, 0.05) is 31.0 Å². The van der Waals surface area contributed by atoms with Gasteiger partial charge in [0.2, 0.25) is 0 Å². The number of nitrogens with zero attached hydrogens (tertiary/aromatic N) is 2. The van der Waals surface area contributed by atoms with Gasteiger partial charge in [-0.25, -0.2) is 0 Å². The summed E-state index contributed by atoms with van der Waals surface area (Å²) in [5, 5.41) is 9.40. The van der Waals surface area contributed by atoms with Gasteiger partial charge in [-0.2, -0.15) is 5.10 Å². The van der Waals surface area contributed by atoms with E-state index in [0.717, 1.165) is 0 Å². The average molecular weight is 191 g/mol. The van der Waals surface area contributed by atoms with Gasteiger partial charge in [0.15, 0.2) is 5.82 Å². The number of carbonyl (C=O) groups excluding carboxylic acids is 1. The van der Waals surface area contributed by atoms with Crippen LogP contribution in [0.15, 0.2) is 31.0 Å². The molecule has 2 heterocycles.